The van der Waals surface area contributed by atoms with Crippen LogP contribution in [0, 0.1) is 6.92 Å². The molecule has 2 aromatic heterocycles. The van der Waals surface area contributed by atoms with Crippen LogP contribution in [-0.2, 0) is 25.9 Å². The summed E-state index contributed by atoms with van der Waals surface area (Å²) < 4.78 is 1.88. The first kappa shape index (κ1) is 16.6. The Morgan fingerprint density at radius 1 is 1.42 bits per heavy atom. The van der Waals surface area contributed by atoms with E-state index in [2.05, 4.69) is 27.3 Å². The zero-order valence-corrected chi connectivity index (χ0v) is 14.1. The third-order valence-corrected chi connectivity index (χ3v) is 4.39. The number of nitrogens with zero attached hydrogens (tertiary/aromatic N) is 4. The first-order chi connectivity index (χ1) is 11.6. The van der Waals surface area contributed by atoms with Gasteiger partial charge < -0.3 is 10.4 Å². The molecule has 0 aliphatic heterocycles. The van der Waals surface area contributed by atoms with Gasteiger partial charge in [0.25, 0.3) is 0 Å². The summed E-state index contributed by atoms with van der Waals surface area (Å²) in [4.78, 5) is 20.1. The molecule has 1 aliphatic rings. The number of carboxylic acids is 1. The van der Waals surface area contributed by atoms with Gasteiger partial charge in [-0.05, 0) is 32.6 Å². The molecule has 1 atom stereocenters. The topological polar surface area (TPSA) is 92.9 Å². The second-order valence-electron chi connectivity index (χ2n) is 6.27. The second kappa shape index (κ2) is 7.09. The fourth-order valence-electron chi connectivity index (χ4n) is 3.19. The molecule has 0 fully saturated rings. The van der Waals surface area contributed by atoms with Crippen molar-refractivity contribution in [3.63, 3.8) is 0 Å². The first-order valence-corrected chi connectivity index (χ1v) is 8.41. The van der Waals surface area contributed by atoms with E-state index in [9.17, 15) is 9.90 Å². The Morgan fingerprint density at radius 3 is 2.92 bits per heavy atom. The highest BCUT2D eigenvalue weighted by atomic mass is 16.4. The Hall–Kier alpha value is -2.28. The second-order valence-corrected chi connectivity index (χ2v) is 6.27. The van der Waals surface area contributed by atoms with Crippen molar-refractivity contribution in [2.24, 2.45) is 0 Å². The van der Waals surface area contributed by atoms with E-state index in [1.807, 2.05) is 11.6 Å². The van der Waals surface area contributed by atoms with Gasteiger partial charge in [-0.15, -0.1) is 0 Å². The lowest BCUT2D eigenvalue weighted by Gasteiger charge is -2.24. The molecular formula is C17H23N5O2. The van der Waals surface area contributed by atoms with E-state index in [-0.39, 0.29) is 11.7 Å². The van der Waals surface area contributed by atoms with Gasteiger partial charge in [0.15, 0.2) is 5.69 Å². The zero-order chi connectivity index (χ0) is 17.1. The van der Waals surface area contributed by atoms with Crippen molar-refractivity contribution in [2.75, 3.05) is 0 Å². The van der Waals surface area contributed by atoms with Crippen LogP contribution in [0.15, 0.2) is 12.4 Å². The molecule has 2 heterocycles. The van der Waals surface area contributed by atoms with E-state index in [0.717, 1.165) is 48.5 Å². The summed E-state index contributed by atoms with van der Waals surface area (Å²) in [6.45, 7) is 5.39. The lowest BCUT2D eigenvalue weighted by Crippen LogP contribution is -2.35. The van der Waals surface area contributed by atoms with Crippen LogP contribution in [0.3, 0.4) is 0 Å². The number of aryl methyl sites for hydroxylation is 2. The van der Waals surface area contributed by atoms with Gasteiger partial charge in [0.1, 0.15) is 0 Å². The minimum atomic E-state index is -0.939. The summed E-state index contributed by atoms with van der Waals surface area (Å²) in [6, 6.07) is 0.234. The third-order valence-electron chi connectivity index (χ3n) is 4.39. The van der Waals surface area contributed by atoms with E-state index in [4.69, 9.17) is 0 Å². The molecule has 0 aromatic carbocycles. The van der Waals surface area contributed by atoms with Crippen molar-refractivity contribution in [3.05, 3.63) is 40.7 Å². The van der Waals surface area contributed by atoms with Gasteiger partial charge in [0.2, 0.25) is 0 Å². The lowest BCUT2D eigenvalue weighted by atomic mass is 9.91. The fraction of sp³-hybridized carbons (Fsp3) is 0.529. The van der Waals surface area contributed by atoms with Gasteiger partial charge in [-0.1, -0.05) is 6.92 Å². The Kier molecular flexibility index (Phi) is 4.89. The van der Waals surface area contributed by atoms with Crippen molar-refractivity contribution < 1.29 is 9.90 Å². The first-order valence-electron chi connectivity index (χ1n) is 8.41. The minimum Gasteiger partial charge on any atom is -0.476 e. The molecule has 7 heteroatoms. The maximum Gasteiger partial charge on any atom is 0.356 e. The smallest absolute Gasteiger partial charge is 0.356 e. The average Bonchev–Trinajstić information content (AvgIpc) is 2.93. The lowest BCUT2D eigenvalue weighted by molar-refractivity contribution is 0.0688. The molecule has 0 bridgehead atoms. The summed E-state index contributed by atoms with van der Waals surface area (Å²) in [6.07, 6.45) is 7.00. The van der Waals surface area contributed by atoms with Crippen LogP contribution >= 0.6 is 0 Å². The molecule has 0 saturated heterocycles. The molecular weight excluding hydrogens is 306 g/mol. The van der Waals surface area contributed by atoms with Gasteiger partial charge in [0, 0.05) is 42.8 Å². The van der Waals surface area contributed by atoms with Gasteiger partial charge >= 0.3 is 5.97 Å². The molecule has 0 amide bonds. The van der Waals surface area contributed by atoms with Crippen LogP contribution in [0.5, 0.6) is 0 Å². The summed E-state index contributed by atoms with van der Waals surface area (Å²) in [5.41, 5.74) is 3.97. The van der Waals surface area contributed by atoms with Crippen LogP contribution in [0.2, 0.25) is 0 Å². The number of aromatic nitrogens is 4. The molecule has 2 N–H and O–H groups in total. The standard InChI is InChI=1S/C17H23N5O2/c1-3-6-22-15-5-4-12(7-14(15)16(21-22)17(23)24)20-10-13-9-18-11(2)8-19-13/h8-9,12,20H,3-7,10H2,1-2H3,(H,23,24)/t12-/m0/s1. The highest BCUT2D eigenvalue weighted by molar-refractivity contribution is 5.87. The predicted molar refractivity (Wildman–Crippen MR) is 88.9 cm³/mol. The Labute approximate surface area is 141 Å². The van der Waals surface area contributed by atoms with E-state index in [0.29, 0.717) is 13.0 Å². The van der Waals surface area contributed by atoms with Crippen molar-refractivity contribution in [1.82, 2.24) is 25.1 Å². The maximum absolute atomic E-state index is 11.5. The summed E-state index contributed by atoms with van der Waals surface area (Å²) in [5, 5.41) is 17.2. The number of fused-ring (bicyclic) bond motifs is 1. The van der Waals surface area contributed by atoms with Gasteiger partial charge in [-0.3, -0.25) is 14.6 Å². The zero-order valence-electron chi connectivity index (χ0n) is 14.1. The largest absolute Gasteiger partial charge is 0.476 e. The van der Waals surface area contributed by atoms with Gasteiger partial charge in [0.05, 0.1) is 11.4 Å². The van der Waals surface area contributed by atoms with E-state index in [1.54, 1.807) is 12.4 Å². The minimum absolute atomic E-state index is 0.208. The molecule has 1 aliphatic carbocycles. The molecule has 24 heavy (non-hydrogen) atoms. The van der Waals surface area contributed by atoms with Crippen LogP contribution in [0.25, 0.3) is 0 Å². The van der Waals surface area contributed by atoms with Crippen molar-refractivity contribution in [3.8, 4) is 0 Å². The molecule has 7 nitrogen and oxygen atoms in total. The number of rotatable bonds is 6. The van der Waals surface area contributed by atoms with Crippen LogP contribution in [0.4, 0.5) is 0 Å². The molecule has 128 valence electrons. The van der Waals surface area contributed by atoms with Gasteiger partial charge in [-0.25, -0.2) is 4.79 Å². The van der Waals surface area contributed by atoms with Crippen molar-refractivity contribution in [1.29, 1.82) is 0 Å². The normalized spacial score (nSPS) is 16.8. The average molecular weight is 329 g/mol. The molecule has 0 saturated carbocycles. The number of hydrogen-bond donors (Lipinski definition) is 2. The number of aromatic carboxylic acids is 1. The van der Waals surface area contributed by atoms with E-state index >= 15 is 0 Å². The van der Waals surface area contributed by atoms with Crippen molar-refractivity contribution >= 4 is 5.97 Å². The number of carbonyl (C=O) groups is 1. The Balaban J connectivity index is 1.71. The highest BCUT2D eigenvalue weighted by Gasteiger charge is 2.28. The van der Waals surface area contributed by atoms with Crippen molar-refractivity contribution in [2.45, 2.75) is 58.7 Å². The van der Waals surface area contributed by atoms with Crippen LogP contribution < -0.4 is 5.32 Å². The number of hydrogen-bond acceptors (Lipinski definition) is 5. The van der Waals surface area contributed by atoms with Crippen LogP contribution in [0.1, 0.15) is 52.9 Å². The summed E-state index contributed by atoms with van der Waals surface area (Å²) >= 11 is 0. The van der Waals surface area contributed by atoms with Crippen LogP contribution in [-0.4, -0.2) is 36.9 Å². The predicted octanol–water partition coefficient (Wildman–Crippen LogP) is 1.74. The summed E-state index contributed by atoms with van der Waals surface area (Å²) in [7, 11) is 0. The fourth-order valence-corrected chi connectivity index (χ4v) is 3.19. The molecule has 0 spiro atoms. The van der Waals surface area contributed by atoms with E-state index in [1.165, 1.54) is 0 Å². The third kappa shape index (κ3) is 3.46. The summed E-state index contributed by atoms with van der Waals surface area (Å²) in [5.74, 6) is -0.939. The number of carboxylic acid groups (broad SMARTS) is 1. The number of nitrogens with one attached hydrogen (secondary N) is 1. The quantitative estimate of drug-likeness (QED) is 0.838. The monoisotopic (exact) mass is 329 g/mol. The van der Waals surface area contributed by atoms with Gasteiger partial charge in [-0.2, -0.15) is 5.10 Å². The molecule has 2 aromatic rings. The molecule has 3 rings (SSSR count). The Bertz CT molecular complexity index is 723. The maximum atomic E-state index is 11.5. The van der Waals surface area contributed by atoms with E-state index < -0.39 is 5.97 Å². The molecule has 0 unspecified atom stereocenters. The highest BCUT2D eigenvalue weighted by Crippen LogP contribution is 2.25. The SMILES string of the molecule is CCCn1nc(C(=O)O)c2c1CC[C@H](NCc1cnc(C)cn1)C2. The molecule has 0 radical (unpaired) electrons. The Morgan fingerprint density at radius 2 is 2.25 bits per heavy atom.